The van der Waals surface area contributed by atoms with Crippen molar-refractivity contribution in [2.75, 3.05) is 6.61 Å². The number of carbonyl (C=O) groups is 3. The number of aliphatic hydroxyl groups excluding tert-OH is 2. The fourth-order valence-electron chi connectivity index (χ4n) is 9.10. The Morgan fingerprint density at radius 2 is 1.76 bits per heavy atom. The first-order valence-electron chi connectivity index (χ1n) is 17.8. The van der Waals surface area contributed by atoms with E-state index in [0.29, 0.717) is 19.3 Å². The fourth-order valence-corrected chi connectivity index (χ4v) is 9.10. The molecule has 3 N–H and O–H groups in total. The summed E-state index contributed by atoms with van der Waals surface area (Å²) in [4.78, 5) is 40.3. The minimum absolute atomic E-state index is 0.00763. The minimum Gasteiger partial charge on any atom is -0.456 e. The van der Waals surface area contributed by atoms with Gasteiger partial charge in [0.1, 0.15) is 23.9 Å². The molecule has 2 saturated carbocycles. The van der Waals surface area contributed by atoms with Crippen LogP contribution in [0.1, 0.15) is 97.3 Å². The van der Waals surface area contributed by atoms with Gasteiger partial charge in [0.25, 0.3) is 0 Å². The highest BCUT2D eigenvalue weighted by Crippen LogP contribution is 2.65. The van der Waals surface area contributed by atoms with Crippen molar-refractivity contribution in [2.45, 2.75) is 135 Å². The number of hydrogen-bond acceptors (Lipinski definition) is 11. The molecule has 1 aromatic carbocycles. The van der Waals surface area contributed by atoms with Crippen LogP contribution < -0.4 is 0 Å². The SMILES string of the molecule is C=C[C@@H](O)O[C@H]1C[C@H]2OC[C@@]2(OC(C)=O)C2[C@H](OC(=O)c3ccccc3)[C@]3(O)CC(OC(=O)[C@H](O)CCC(C)C)C(C)=C(CC[C@@]21C)C3(C)C. The molecule has 11 heteroatoms. The zero-order valence-corrected chi connectivity index (χ0v) is 30.3. The molecule has 1 heterocycles. The third-order valence-corrected chi connectivity index (χ3v) is 12.1. The van der Waals surface area contributed by atoms with Crippen molar-refractivity contribution in [3.8, 4) is 0 Å². The van der Waals surface area contributed by atoms with E-state index in [4.69, 9.17) is 23.7 Å². The van der Waals surface area contributed by atoms with Crippen molar-refractivity contribution in [2.24, 2.45) is 22.7 Å². The maximum Gasteiger partial charge on any atom is 0.338 e. The molecule has 4 aliphatic rings. The molecular weight excluding hydrogens is 644 g/mol. The van der Waals surface area contributed by atoms with Crippen LogP contribution in [0.25, 0.3) is 0 Å². The molecule has 276 valence electrons. The highest BCUT2D eigenvalue weighted by atomic mass is 16.6. The lowest BCUT2D eigenvalue weighted by molar-refractivity contribution is -0.360. The lowest BCUT2D eigenvalue weighted by atomic mass is 9.45. The number of aliphatic hydroxyl groups is 3. The standard InChI is InChI=1S/C39H54O11/c1-9-31(42)48-29-19-30-38(21-46-30,50-24(5)40)32-33(49-34(43)25-13-11-10-12-14-25)39(45)20-28(47-35(44)27(41)16-15-22(2)3)23(4)26(36(39,6)7)17-18-37(29,32)8/h9-14,22,27-33,41-42,45H,1,15-21H2,2-8H3/t27-,28?,29+,30-,31+,32?,33+,37-,38+,39-/m1/s1. The van der Waals surface area contributed by atoms with Gasteiger partial charge in [0.05, 0.1) is 24.2 Å². The summed E-state index contributed by atoms with van der Waals surface area (Å²) in [7, 11) is 0. The highest BCUT2D eigenvalue weighted by molar-refractivity contribution is 5.89. The third-order valence-electron chi connectivity index (χ3n) is 12.1. The lowest BCUT2D eigenvalue weighted by Crippen LogP contribution is -2.80. The largest absolute Gasteiger partial charge is 0.456 e. The number of rotatable bonds is 11. The maximum atomic E-state index is 14.1. The molecule has 2 unspecified atom stereocenters. The summed E-state index contributed by atoms with van der Waals surface area (Å²) in [5.74, 6) is -2.67. The fraction of sp³-hybridized carbons (Fsp3) is 0.667. The van der Waals surface area contributed by atoms with E-state index in [1.165, 1.54) is 13.0 Å². The van der Waals surface area contributed by atoms with Crippen LogP contribution in [0.5, 0.6) is 0 Å². The summed E-state index contributed by atoms with van der Waals surface area (Å²) in [5.41, 5.74) is -3.40. The van der Waals surface area contributed by atoms with E-state index in [1.54, 1.807) is 30.3 Å². The van der Waals surface area contributed by atoms with E-state index < -0.39 is 82.7 Å². The van der Waals surface area contributed by atoms with Gasteiger partial charge in [-0.2, -0.15) is 0 Å². The molecular formula is C39H54O11. The van der Waals surface area contributed by atoms with Gasteiger partial charge >= 0.3 is 17.9 Å². The molecule has 0 radical (unpaired) electrons. The number of ether oxygens (including phenoxy) is 5. The Bertz CT molecular complexity index is 1490. The first-order valence-corrected chi connectivity index (χ1v) is 17.8. The third kappa shape index (κ3) is 6.56. The maximum absolute atomic E-state index is 14.1. The lowest BCUT2D eigenvalue weighted by Gasteiger charge is -2.68. The van der Waals surface area contributed by atoms with Gasteiger partial charge in [0, 0.05) is 30.6 Å². The molecule has 3 aliphatic carbocycles. The van der Waals surface area contributed by atoms with E-state index in [2.05, 4.69) is 6.58 Å². The van der Waals surface area contributed by atoms with Gasteiger partial charge in [-0.15, -0.1) is 0 Å². The summed E-state index contributed by atoms with van der Waals surface area (Å²) in [6.07, 6.45) is -3.29. The molecule has 1 aromatic rings. The molecule has 0 aromatic heterocycles. The van der Waals surface area contributed by atoms with E-state index in [1.807, 2.05) is 41.5 Å². The molecule has 1 aliphatic heterocycles. The average Bonchev–Trinajstić information content (AvgIpc) is 3.05. The Balaban J connectivity index is 1.70. The van der Waals surface area contributed by atoms with Gasteiger partial charge in [-0.1, -0.05) is 65.0 Å². The van der Waals surface area contributed by atoms with Crippen molar-refractivity contribution >= 4 is 17.9 Å². The monoisotopic (exact) mass is 698 g/mol. The molecule has 1 saturated heterocycles. The van der Waals surface area contributed by atoms with E-state index in [-0.39, 0.29) is 37.4 Å². The number of benzene rings is 1. The van der Waals surface area contributed by atoms with Crippen LogP contribution in [0.4, 0.5) is 0 Å². The molecule has 3 fully saturated rings. The van der Waals surface area contributed by atoms with Crippen LogP contribution in [-0.4, -0.2) is 87.8 Å². The Morgan fingerprint density at radius 3 is 2.34 bits per heavy atom. The second-order valence-corrected chi connectivity index (χ2v) is 15.8. The van der Waals surface area contributed by atoms with Gasteiger partial charge in [0.2, 0.25) is 0 Å². The zero-order chi connectivity index (χ0) is 36.8. The van der Waals surface area contributed by atoms with Crippen LogP contribution in [0.3, 0.4) is 0 Å². The summed E-state index contributed by atoms with van der Waals surface area (Å²) < 4.78 is 31.0. The number of esters is 3. The van der Waals surface area contributed by atoms with Crippen molar-refractivity contribution in [1.29, 1.82) is 0 Å². The zero-order valence-electron chi connectivity index (χ0n) is 30.3. The first kappa shape index (κ1) is 38.1. The molecule has 2 bridgehead atoms. The Hall–Kier alpha value is -3.09. The van der Waals surface area contributed by atoms with Gasteiger partial charge < -0.3 is 39.0 Å². The molecule has 50 heavy (non-hydrogen) atoms. The summed E-state index contributed by atoms with van der Waals surface area (Å²) >= 11 is 0. The summed E-state index contributed by atoms with van der Waals surface area (Å²) in [6.45, 7) is 16.6. The predicted molar refractivity (Wildman–Crippen MR) is 182 cm³/mol. The Morgan fingerprint density at radius 1 is 1.08 bits per heavy atom. The van der Waals surface area contributed by atoms with E-state index >= 15 is 0 Å². The predicted octanol–water partition coefficient (Wildman–Crippen LogP) is 4.81. The van der Waals surface area contributed by atoms with Crippen LogP contribution in [0.2, 0.25) is 0 Å². The van der Waals surface area contributed by atoms with Crippen LogP contribution in [0, 0.1) is 22.7 Å². The average molecular weight is 699 g/mol. The van der Waals surface area contributed by atoms with Gasteiger partial charge in [-0.25, -0.2) is 9.59 Å². The van der Waals surface area contributed by atoms with Crippen molar-refractivity contribution in [1.82, 2.24) is 0 Å². The normalized spacial score (nSPS) is 35.6. The number of hydrogen-bond donors (Lipinski definition) is 3. The summed E-state index contributed by atoms with van der Waals surface area (Å²) in [6, 6.07) is 8.42. The van der Waals surface area contributed by atoms with Crippen LogP contribution in [-0.2, 0) is 33.3 Å². The summed E-state index contributed by atoms with van der Waals surface area (Å²) in [5, 5.41) is 34.8. The van der Waals surface area contributed by atoms with Gasteiger partial charge in [-0.3, -0.25) is 4.79 Å². The van der Waals surface area contributed by atoms with Crippen LogP contribution in [0.15, 0.2) is 54.1 Å². The Kier molecular flexibility index (Phi) is 10.8. The second kappa shape index (κ2) is 14.1. The van der Waals surface area contributed by atoms with E-state index in [0.717, 1.165) is 11.1 Å². The van der Waals surface area contributed by atoms with Crippen molar-refractivity contribution in [3.63, 3.8) is 0 Å². The number of carbonyl (C=O) groups excluding carboxylic acids is 3. The van der Waals surface area contributed by atoms with Crippen molar-refractivity contribution in [3.05, 3.63) is 59.7 Å². The molecule has 0 amide bonds. The Labute approximate surface area is 295 Å². The van der Waals surface area contributed by atoms with Gasteiger partial charge in [-0.05, 0) is 62.3 Å². The molecule has 11 nitrogen and oxygen atoms in total. The van der Waals surface area contributed by atoms with E-state index in [9.17, 15) is 29.7 Å². The molecule has 0 spiro atoms. The highest BCUT2D eigenvalue weighted by Gasteiger charge is 2.75. The first-order chi connectivity index (χ1) is 23.4. The smallest absolute Gasteiger partial charge is 0.338 e. The molecule has 10 atom stereocenters. The van der Waals surface area contributed by atoms with Gasteiger partial charge in [0.15, 0.2) is 18.0 Å². The topological polar surface area (TPSA) is 158 Å². The van der Waals surface area contributed by atoms with Crippen molar-refractivity contribution < 1.29 is 53.4 Å². The second-order valence-electron chi connectivity index (χ2n) is 15.8. The van der Waals surface area contributed by atoms with Crippen LogP contribution >= 0.6 is 0 Å². The molecule has 5 rings (SSSR count). The number of fused-ring (bicyclic) bond motifs is 5. The quantitative estimate of drug-likeness (QED) is 0.126. The minimum atomic E-state index is -1.90.